The van der Waals surface area contributed by atoms with E-state index in [1.165, 1.54) is 18.7 Å². The van der Waals surface area contributed by atoms with E-state index in [1.54, 1.807) is 48.5 Å². The number of ether oxygens (including phenoxy) is 1. The number of hydrogen-bond donors (Lipinski definition) is 1. The predicted octanol–water partition coefficient (Wildman–Crippen LogP) is 3.63. The van der Waals surface area contributed by atoms with Crippen LogP contribution in [0.4, 0.5) is 5.69 Å². The lowest BCUT2D eigenvalue weighted by atomic mass is 10.1. The molecule has 1 aliphatic heterocycles. The molecule has 0 radical (unpaired) electrons. The molecule has 0 bridgehead atoms. The standard InChI is InChI=1S/C22H21ClN2O5S/c1-13(19(26)24-15-7-5-6-14(23)12-15)30-22(29)18(10-11-31-2)25-20(27)16-8-3-4-9-17(16)21(25)28/h3-9,12-13,18H,10-11H2,1-2H3,(H,24,26)/t13-,18+/m1/s1. The smallest absolute Gasteiger partial charge is 0.330 e. The summed E-state index contributed by atoms with van der Waals surface area (Å²) in [6.07, 6.45) is 0.929. The molecule has 31 heavy (non-hydrogen) atoms. The van der Waals surface area contributed by atoms with E-state index in [1.807, 2.05) is 6.26 Å². The van der Waals surface area contributed by atoms with E-state index in [0.717, 1.165) is 4.90 Å². The molecule has 9 heteroatoms. The number of hydrogen-bond acceptors (Lipinski definition) is 6. The molecule has 0 aromatic heterocycles. The zero-order valence-electron chi connectivity index (χ0n) is 17.0. The number of nitrogens with zero attached hydrogens (tertiary/aromatic N) is 1. The molecule has 3 rings (SSSR count). The number of fused-ring (bicyclic) bond motifs is 1. The maximum Gasteiger partial charge on any atom is 0.330 e. The number of amides is 3. The molecule has 2 aromatic rings. The summed E-state index contributed by atoms with van der Waals surface area (Å²) in [5.74, 6) is -1.92. The minimum Gasteiger partial charge on any atom is -0.451 e. The first kappa shape index (κ1) is 22.8. The van der Waals surface area contributed by atoms with Gasteiger partial charge in [-0.15, -0.1) is 0 Å². The molecule has 2 aromatic carbocycles. The third-order valence-electron chi connectivity index (χ3n) is 4.76. The van der Waals surface area contributed by atoms with Crippen molar-refractivity contribution in [2.45, 2.75) is 25.5 Å². The van der Waals surface area contributed by atoms with Gasteiger partial charge in [-0.3, -0.25) is 19.3 Å². The molecule has 2 atom stereocenters. The molecule has 3 amide bonds. The summed E-state index contributed by atoms with van der Waals surface area (Å²) in [6, 6.07) is 11.8. The lowest BCUT2D eigenvalue weighted by Crippen LogP contribution is -2.47. The topological polar surface area (TPSA) is 92.8 Å². The van der Waals surface area contributed by atoms with Gasteiger partial charge in [0, 0.05) is 10.7 Å². The summed E-state index contributed by atoms with van der Waals surface area (Å²) >= 11 is 7.38. The monoisotopic (exact) mass is 460 g/mol. The number of anilines is 1. The maximum absolute atomic E-state index is 12.9. The van der Waals surface area contributed by atoms with Crippen molar-refractivity contribution in [1.82, 2.24) is 4.90 Å². The predicted molar refractivity (Wildman–Crippen MR) is 119 cm³/mol. The number of carbonyl (C=O) groups excluding carboxylic acids is 4. The van der Waals surface area contributed by atoms with E-state index in [0.29, 0.717) is 16.5 Å². The van der Waals surface area contributed by atoms with Gasteiger partial charge in [0.2, 0.25) is 0 Å². The van der Waals surface area contributed by atoms with Gasteiger partial charge in [-0.05, 0) is 55.7 Å². The lowest BCUT2D eigenvalue weighted by Gasteiger charge is -2.25. The zero-order valence-corrected chi connectivity index (χ0v) is 18.5. The van der Waals surface area contributed by atoms with Crippen LogP contribution in [0.2, 0.25) is 5.02 Å². The SMILES string of the molecule is CSCC[C@@H](C(=O)O[C@H](C)C(=O)Nc1cccc(Cl)c1)N1C(=O)c2ccccc2C1=O. The Morgan fingerprint density at radius 2 is 1.74 bits per heavy atom. The quantitative estimate of drug-likeness (QED) is 0.477. The Morgan fingerprint density at radius 1 is 1.10 bits per heavy atom. The van der Waals surface area contributed by atoms with Gasteiger partial charge < -0.3 is 10.1 Å². The summed E-state index contributed by atoms with van der Waals surface area (Å²) in [6.45, 7) is 1.42. The van der Waals surface area contributed by atoms with E-state index < -0.39 is 35.8 Å². The van der Waals surface area contributed by atoms with Gasteiger partial charge in [0.05, 0.1) is 11.1 Å². The van der Waals surface area contributed by atoms with Crippen molar-refractivity contribution >= 4 is 52.7 Å². The van der Waals surface area contributed by atoms with Crippen molar-refractivity contribution in [1.29, 1.82) is 0 Å². The van der Waals surface area contributed by atoms with Crippen LogP contribution in [0.3, 0.4) is 0 Å². The Balaban J connectivity index is 1.73. The lowest BCUT2D eigenvalue weighted by molar-refractivity contribution is -0.157. The van der Waals surface area contributed by atoms with Crippen LogP contribution in [-0.2, 0) is 14.3 Å². The summed E-state index contributed by atoms with van der Waals surface area (Å²) in [4.78, 5) is 51.9. The van der Waals surface area contributed by atoms with Gasteiger partial charge in [0.15, 0.2) is 6.10 Å². The molecule has 1 aliphatic rings. The van der Waals surface area contributed by atoms with Gasteiger partial charge in [-0.1, -0.05) is 29.8 Å². The molecular weight excluding hydrogens is 440 g/mol. The minimum atomic E-state index is -1.14. The Bertz CT molecular complexity index is 993. The fourth-order valence-electron chi connectivity index (χ4n) is 3.19. The van der Waals surface area contributed by atoms with E-state index >= 15 is 0 Å². The first-order valence-electron chi connectivity index (χ1n) is 9.56. The fraction of sp³-hybridized carbons (Fsp3) is 0.273. The fourth-order valence-corrected chi connectivity index (χ4v) is 3.84. The average molecular weight is 461 g/mol. The van der Waals surface area contributed by atoms with Gasteiger partial charge >= 0.3 is 5.97 Å². The third kappa shape index (κ3) is 5.08. The molecule has 0 saturated carbocycles. The van der Waals surface area contributed by atoms with E-state index in [-0.39, 0.29) is 17.5 Å². The van der Waals surface area contributed by atoms with E-state index in [4.69, 9.17) is 16.3 Å². The van der Waals surface area contributed by atoms with Gasteiger partial charge in [-0.2, -0.15) is 11.8 Å². The molecule has 0 saturated heterocycles. The number of nitrogens with one attached hydrogen (secondary N) is 1. The number of imide groups is 1. The molecule has 1 N–H and O–H groups in total. The van der Waals surface area contributed by atoms with Crippen LogP contribution in [0.5, 0.6) is 0 Å². The molecule has 0 aliphatic carbocycles. The molecule has 0 fully saturated rings. The van der Waals surface area contributed by atoms with Crippen LogP contribution in [0.25, 0.3) is 0 Å². The van der Waals surface area contributed by atoms with E-state index in [2.05, 4.69) is 5.32 Å². The molecule has 7 nitrogen and oxygen atoms in total. The normalized spacial score (nSPS) is 14.7. The van der Waals surface area contributed by atoms with Crippen molar-refractivity contribution in [3.8, 4) is 0 Å². The highest BCUT2D eigenvalue weighted by Crippen LogP contribution is 2.27. The Hall–Kier alpha value is -2.84. The number of thioether (sulfide) groups is 1. The highest BCUT2D eigenvalue weighted by molar-refractivity contribution is 7.98. The van der Waals surface area contributed by atoms with Crippen molar-refractivity contribution in [2.24, 2.45) is 0 Å². The first-order valence-corrected chi connectivity index (χ1v) is 11.3. The largest absolute Gasteiger partial charge is 0.451 e. The zero-order chi connectivity index (χ0) is 22.5. The van der Waals surface area contributed by atoms with Crippen LogP contribution in [0, 0.1) is 0 Å². The van der Waals surface area contributed by atoms with Gasteiger partial charge in [-0.25, -0.2) is 4.79 Å². The van der Waals surface area contributed by atoms with Crippen LogP contribution in [0.1, 0.15) is 34.1 Å². The second kappa shape index (κ2) is 9.98. The van der Waals surface area contributed by atoms with E-state index in [9.17, 15) is 19.2 Å². The molecule has 1 heterocycles. The van der Waals surface area contributed by atoms with Gasteiger partial charge in [0.25, 0.3) is 17.7 Å². The summed E-state index contributed by atoms with van der Waals surface area (Å²) in [5, 5.41) is 3.07. The van der Waals surface area contributed by atoms with Crippen LogP contribution in [-0.4, -0.2) is 52.7 Å². The third-order valence-corrected chi connectivity index (χ3v) is 5.64. The van der Waals surface area contributed by atoms with Crippen molar-refractivity contribution in [3.05, 3.63) is 64.7 Å². The van der Waals surface area contributed by atoms with Crippen molar-refractivity contribution in [2.75, 3.05) is 17.3 Å². The van der Waals surface area contributed by atoms with Crippen molar-refractivity contribution in [3.63, 3.8) is 0 Å². The number of esters is 1. The minimum absolute atomic E-state index is 0.216. The molecule has 0 unspecified atom stereocenters. The number of rotatable bonds is 8. The number of benzene rings is 2. The second-order valence-electron chi connectivity index (χ2n) is 6.90. The Labute approximate surface area is 189 Å². The highest BCUT2D eigenvalue weighted by atomic mass is 35.5. The van der Waals surface area contributed by atoms with Crippen LogP contribution >= 0.6 is 23.4 Å². The first-order chi connectivity index (χ1) is 14.8. The molecule has 0 spiro atoms. The summed E-state index contributed by atoms with van der Waals surface area (Å²) < 4.78 is 5.34. The molecule has 162 valence electrons. The Morgan fingerprint density at radius 3 is 2.32 bits per heavy atom. The Kier molecular flexibility index (Phi) is 7.35. The summed E-state index contributed by atoms with van der Waals surface area (Å²) in [5.41, 5.74) is 0.960. The highest BCUT2D eigenvalue weighted by Gasteiger charge is 2.43. The molecular formula is C22H21ClN2O5S. The average Bonchev–Trinajstić information content (AvgIpc) is 2.99. The van der Waals surface area contributed by atoms with Crippen LogP contribution in [0.15, 0.2) is 48.5 Å². The second-order valence-corrected chi connectivity index (χ2v) is 8.32. The maximum atomic E-state index is 12.9. The van der Waals surface area contributed by atoms with Crippen molar-refractivity contribution < 1.29 is 23.9 Å². The summed E-state index contributed by atoms with van der Waals surface area (Å²) in [7, 11) is 0. The van der Waals surface area contributed by atoms with Crippen LogP contribution < -0.4 is 5.32 Å². The number of halogens is 1. The van der Waals surface area contributed by atoms with Gasteiger partial charge in [0.1, 0.15) is 6.04 Å². The number of carbonyl (C=O) groups is 4.